The molecule has 0 bridgehead atoms. The fraction of sp³-hybridized carbons (Fsp3) is 0.143. The van der Waals surface area contributed by atoms with Crippen molar-refractivity contribution in [1.82, 2.24) is 14.6 Å². The zero-order chi connectivity index (χ0) is 22.8. The first kappa shape index (κ1) is 20.8. The lowest BCUT2D eigenvalue weighted by Crippen LogP contribution is -2.11. The second-order valence-corrected chi connectivity index (χ2v) is 7.97. The molecule has 5 nitrogen and oxygen atoms in total. The van der Waals surface area contributed by atoms with Crippen LogP contribution in [-0.2, 0) is 0 Å². The number of rotatable bonds is 6. The highest BCUT2D eigenvalue weighted by Gasteiger charge is 2.22. The topological polar surface area (TPSA) is 48.7 Å². The number of fused-ring (bicyclic) bond motifs is 1. The van der Waals surface area contributed by atoms with Crippen molar-refractivity contribution in [2.24, 2.45) is 0 Å². The molecule has 0 aliphatic rings. The number of aromatic nitrogens is 3. The Hall–Kier alpha value is -4.12. The van der Waals surface area contributed by atoms with Crippen molar-refractivity contribution >= 4 is 5.65 Å². The predicted octanol–water partition coefficient (Wildman–Crippen LogP) is 5.90. The molecule has 3 aromatic carbocycles. The number of aryl methyl sites for hydroxylation is 1. The summed E-state index contributed by atoms with van der Waals surface area (Å²) in [5.41, 5.74) is 7.08. The molecule has 5 heteroatoms. The second kappa shape index (κ2) is 8.79. The van der Waals surface area contributed by atoms with E-state index in [1.54, 1.807) is 14.2 Å². The average molecular weight is 436 g/mol. The fourth-order valence-corrected chi connectivity index (χ4v) is 4.21. The van der Waals surface area contributed by atoms with E-state index in [0.29, 0.717) is 0 Å². The first-order chi connectivity index (χ1) is 16.2. The number of ether oxygens (including phenoxy) is 2. The van der Waals surface area contributed by atoms with Gasteiger partial charge in [-0.05, 0) is 48.4 Å². The summed E-state index contributed by atoms with van der Waals surface area (Å²) < 4.78 is 12.7. The number of hydrogen-bond acceptors (Lipinski definition) is 4. The number of benzene rings is 3. The molecule has 2 aromatic heterocycles. The summed E-state index contributed by atoms with van der Waals surface area (Å²) in [6.07, 6.45) is 0. The lowest BCUT2D eigenvalue weighted by Gasteiger charge is -2.20. The minimum absolute atomic E-state index is 0.0467. The van der Waals surface area contributed by atoms with Crippen LogP contribution in [0.15, 0.2) is 91.0 Å². The van der Waals surface area contributed by atoms with Crippen LogP contribution in [0, 0.1) is 6.92 Å². The van der Waals surface area contributed by atoms with Gasteiger partial charge in [0.15, 0.2) is 5.65 Å². The van der Waals surface area contributed by atoms with Crippen LogP contribution in [0.4, 0.5) is 0 Å². The molecule has 0 N–H and O–H groups in total. The minimum atomic E-state index is -0.0467. The van der Waals surface area contributed by atoms with Gasteiger partial charge >= 0.3 is 0 Å². The van der Waals surface area contributed by atoms with E-state index in [9.17, 15) is 0 Å². The predicted molar refractivity (Wildman–Crippen MR) is 130 cm³/mol. The summed E-state index contributed by atoms with van der Waals surface area (Å²) in [5.74, 6) is 1.61. The summed E-state index contributed by atoms with van der Waals surface area (Å²) in [6.45, 7) is 2.03. The van der Waals surface area contributed by atoms with Crippen LogP contribution in [0.2, 0.25) is 0 Å². The normalized spacial score (nSPS) is 11.2. The summed E-state index contributed by atoms with van der Waals surface area (Å²) >= 11 is 0. The standard InChI is InChI=1S/C28H25N3O2/c1-19-17-26(31-27(29-19)18-25(30-31)20-7-5-4-6-8-20)28(21-9-13-23(32-2)14-10-21)22-11-15-24(33-3)16-12-22/h4-18,28H,1-3H3. The second-order valence-electron chi connectivity index (χ2n) is 7.97. The van der Waals surface area contributed by atoms with Crippen molar-refractivity contribution in [1.29, 1.82) is 0 Å². The summed E-state index contributed by atoms with van der Waals surface area (Å²) in [4.78, 5) is 4.77. The van der Waals surface area contributed by atoms with Gasteiger partial charge in [-0.25, -0.2) is 9.50 Å². The monoisotopic (exact) mass is 435 g/mol. The van der Waals surface area contributed by atoms with Crippen LogP contribution >= 0.6 is 0 Å². The quantitative estimate of drug-likeness (QED) is 0.333. The van der Waals surface area contributed by atoms with Gasteiger partial charge in [-0.3, -0.25) is 0 Å². The Morgan fingerprint density at radius 1 is 0.727 bits per heavy atom. The fourth-order valence-electron chi connectivity index (χ4n) is 4.21. The van der Waals surface area contributed by atoms with Gasteiger partial charge in [0, 0.05) is 17.3 Å². The maximum atomic E-state index is 5.39. The van der Waals surface area contributed by atoms with Gasteiger partial charge < -0.3 is 9.47 Å². The molecule has 0 saturated heterocycles. The van der Waals surface area contributed by atoms with Crippen molar-refractivity contribution < 1.29 is 9.47 Å². The zero-order valence-corrected chi connectivity index (χ0v) is 18.9. The first-order valence-corrected chi connectivity index (χ1v) is 10.9. The van der Waals surface area contributed by atoms with Gasteiger partial charge in [0.2, 0.25) is 0 Å². The van der Waals surface area contributed by atoms with E-state index in [1.807, 2.05) is 60.0 Å². The lowest BCUT2D eigenvalue weighted by molar-refractivity contribution is 0.414. The molecule has 2 heterocycles. The molecule has 0 unspecified atom stereocenters. The maximum Gasteiger partial charge on any atom is 0.156 e. The SMILES string of the molecule is COc1ccc(C(c2ccc(OC)cc2)c2cc(C)nc3cc(-c4ccccc4)nn23)cc1. The molecule has 5 aromatic rings. The highest BCUT2D eigenvalue weighted by molar-refractivity contribution is 5.64. The maximum absolute atomic E-state index is 5.39. The summed E-state index contributed by atoms with van der Waals surface area (Å²) in [5, 5.41) is 4.97. The zero-order valence-electron chi connectivity index (χ0n) is 18.9. The summed E-state index contributed by atoms with van der Waals surface area (Å²) in [7, 11) is 3.36. The molecule has 0 saturated carbocycles. The molecule has 0 radical (unpaired) electrons. The minimum Gasteiger partial charge on any atom is -0.497 e. The molecule has 0 fully saturated rings. The van der Waals surface area contributed by atoms with Gasteiger partial charge in [-0.2, -0.15) is 5.10 Å². The van der Waals surface area contributed by atoms with E-state index >= 15 is 0 Å². The van der Waals surface area contributed by atoms with Crippen LogP contribution in [0.1, 0.15) is 28.4 Å². The van der Waals surface area contributed by atoms with Gasteiger partial charge in [-0.15, -0.1) is 0 Å². The number of nitrogens with zero attached hydrogens (tertiary/aromatic N) is 3. The molecular formula is C28H25N3O2. The Bertz CT molecular complexity index is 1330. The lowest BCUT2D eigenvalue weighted by atomic mass is 9.88. The van der Waals surface area contributed by atoms with Gasteiger partial charge in [0.05, 0.1) is 31.5 Å². The molecule has 164 valence electrons. The van der Waals surface area contributed by atoms with Crippen LogP contribution < -0.4 is 9.47 Å². The third-order valence-corrected chi connectivity index (χ3v) is 5.85. The van der Waals surface area contributed by atoms with E-state index in [0.717, 1.165) is 50.9 Å². The highest BCUT2D eigenvalue weighted by Crippen LogP contribution is 2.35. The molecule has 33 heavy (non-hydrogen) atoms. The van der Waals surface area contributed by atoms with E-state index < -0.39 is 0 Å². The molecule has 0 amide bonds. The average Bonchev–Trinajstić information content (AvgIpc) is 3.30. The van der Waals surface area contributed by atoms with Crippen molar-refractivity contribution in [3.63, 3.8) is 0 Å². The van der Waals surface area contributed by atoms with Crippen LogP contribution in [-0.4, -0.2) is 28.8 Å². The van der Waals surface area contributed by atoms with Crippen molar-refractivity contribution in [3.05, 3.63) is 114 Å². The van der Waals surface area contributed by atoms with Crippen molar-refractivity contribution in [2.75, 3.05) is 14.2 Å². The first-order valence-electron chi connectivity index (χ1n) is 10.9. The Balaban J connectivity index is 1.72. The van der Waals surface area contributed by atoms with Crippen LogP contribution in [0.5, 0.6) is 11.5 Å². The van der Waals surface area contributed by atoms with Crippen LogP contribution in [0.25, 0.3) is 16.9 Å². The van der Waals surface area contributed by atoms with Crippen molar-refractivity contribution in [2.45, 2.75) is 12.8 Å². The Labute approximate surface area is 193 Å². The van der Waals surface area contributed by atoms with Gasteiger partial charge in [-0.1, -0.05) is 54.6 Å². The van der Waals surface area contributed by atoms with Gasteiger partial charge in [0.1, 0.15) is 11.5 Å². The van der Waals surface area contributed by atoms with Crippen molar-refractivity contribution in [3.8, 4) is 22.8 Å². The highest BCUT2D eigenvalue weighted by atomic mass is 16.5. The number of hydrogen-bond donors (Lipinski definition) is 0. The van der Waals surface area contributed by atoms with E-state index in [2.05, 4.69) is 42.5 Å². The van der Waals surface area contributed by atoms with Gasteiger partial charge in [0.25, 0.3) is 0 Å². The van der Waals surface area contributed by atoms with E-state index in [1.165, 1.54) is 0 Å². The Kier molecular flexibility index (Phi) is 5.53. The molecule has 0 spiro atoms. The molecule has 0 atom stereocenters. The van der Waals surface area contributed by atoms with E-state index in [4.69, 9.17) is 19.6 Å². The third-order valence-electron chi connectivity index (χ3n) is 5.85. The molecular weight excluding hydrogens is 410 g/mol. The Morgan fingerprint density at radius 2 is 1.30 bits per heavy atom. The molecule has 0 aliphatic carbocycles. The smallest absolute Gasteiger partial charge is 0.156 e. The third kappa shape index (κ3) is 4.05. The number of methoxy groups -OCH3 is 2. The largest absolute Gasteiger partial charge is 0.497 e. The van der Waals surface area contributed by atoms with Crippen LogP contribution in [0.3, 0.4) is 0 Å². The van der Waals surface area contributed by atoms with E-state index in [-0.39, 0.29) is 5.92 Å². The molecule has 0 aliphatic heterocycles. The summed E-state index contributed by atoms with van der Waals surface area (Å²) in [6, 6.07) is 30.8. The Morgan fingerprint density at radius 3 is 1.85 bits per heavy atom. The molecule has 5 rings (SSSR count).